The topological polar surface area (TPSA) is 66.9 Å². The summed E-state index contributed by atoms with van der Waals surface area (Å²) in [5, 5.41) is 0. The Hall–Kier alpha value is -1.51. The maximum absolute atomic E-state index is 12.9. The number of hydrogen-bond acceptors (Lipinski definition) is 4. The van der Waals surface area contributed by atoms with Crippen LogP contribution in [0.4, 0.5) is 4.39 Å². The van der Waals surface area contributed by atoms with E-state index in [0.29, 0.717) is 39.1 Å². The largest absolute Gasteiger partial charge is 0.378 e. The maximum Gasteiger partial charge on any atom is 0.242 e. The Balaban J connectivity index is 1.85. The van der Waals surface area contributed by atoms with E-state index in [1.807, 2.05) is 0 Å². The number of carbonyl (C=O) groups excluding carboxylic acids is 1. The quantitative estimate of drug-likeness (QED) is 0.775. The molecule has 0 radical (unpaired) electrons. The predicted molar refractivity (Wildman–Crippen MR) is 82.8 cm³/mol. The monoisotopic (exact) mass is 344 g/mol. The molecule has 1 fully saturated rings. The molecule has 2 rings (SSSR count). The van der Waals surface area contributed by atoms with Gasteiger partial charge >= 0.3 is 0 Å². The van der Waals surface area contributed by atoms with Gasteiger partial charge in [-0.25, -0.2) is 17.1 Å². The number of ether oxygens (including phenoxy) is 1. The molecule has 1 aliphatic rings. The Kier molecular flexibility index (Phi) is 6.09. The SMILES string of the molecule is CN(CCCC(=O)N1CCOCC1)S(=O)(=O)c1ccc(F)cc1. The second-order valence-corrected chi connectivity index (χ2v) is 7.42. The number of nitrogens with zero attached hydrogens (tertiary/aromatic N) is 2. The molecule has 128 valence electrons. The van der Waals surface area contributed by atoms with Gasteiger partial charge in [0.1, 0.15) is 5.82 Å². The summed E-state index contributed by atoms with van der Waals surface area (Å²) >= 11 is 0. The lowest BCUT2D eigenvalue weighted by molar-refractivity contribution is -0.135. The van der Waals surface area contributed by atoms with Crippen molar-refractivity contribution in [1.29, 1.82) is 0 Å². The molecular formula is C15H21FN2O4S. The molecule has 23 heavy (non-hydrogen) atoms. The van der Waals surface area contributed by atoms with Crippen LogP contribution in [0.3, 0.4) is 0 Å². The highest BCUT2D eigenvalue weighted by molar-refractivity contribution is 7.89. The summed E-state index contributed by atoms with van der Waals surface area (Å²) in [7, 11) is -2.20. The van der Waals surface area contributed by atoms with E-state index in [2.05, 4.69) is 0 Å². The van der Waals surface area contributed by atoms with Crippen LogP contribution in [0.5, 0.6) is 0 Å². The van der Waals surface area contributed by atoms with Crippen molar-refractivity contribution in [2.24, 2.45) is 0 Å². The van der Waals surface area contributed by atoms with Gasteiger partial charge in [-0.05, 0) is 30.7 Å². The number of hydrogen-bond donors (Lipinski definition) is 0. The first-order chi connectivity index (χ1) is 10.9. The third-order valence-corrected chi connectivity index (χ3v) is 5.62. The van der Waals surface area contributed by atoms with Crippen LogP contribution < -0.4 is 0 Å². The normalized spacial score (nSPS) is 15.9. The highest BCUT2D eigenvalue weighted by Gasteiger charge is 2.21. The zero-order chi connectivity index (χ0) is 16.9. The van der Waals surface area contributed by atoms with Crippen molar-refractivity contribution in [3.63, 3.8) is 0 Å². The first kappa shape index (κ1) is 17.8. The molecule has 0 N–H and O–H groups in total. The van der Waals surface area contributed by atoms with Crippen molar-refractivity contribution in [1.82, 2.24) is 9.21 Å². The lowest BCUT2D eigenvalue weighted by Crippen LogP contribution is -2.40. The van der Waals surface area contributed by atoms with Gasteiger partial charge in [0.15, 0.2) is 0 Å². The molecular weight excluding hydrogens is 323 g/mol. The fraction of sp³-hybridized carbons (Fsp3) is 0.533. The highest BCUT2D eigenvalue weighted by Crippen LogP contribution is 2.15. The van der Waals surface area contributed by atoms with Crippen molar-refractivity contribution < 1.29 is 22.3 Å². The summed E-state index contributed by atoms with van der Waals surface area (Å²) < 4.78 is 43.9. The number of rotatable bonds is 6. The van der Waals surface area contributed by atoms with Crippen LogP contribution >= 0.6 is 0 Å². The summed E-state index contributed by atoms with van der Waals surface area (Å²) in [6.07, 6.45) is 0.733. The molecule has 0 aliphatic carbocycles. The van der Waals surface area contributed by atoms with Crippen molar-refractivity contribution in [2.45, 2.75) is 17.7 Å². The molecule has 0 spiro atoms. The van der Waals surface area contributed by atoms with Crippen LogP contribution in [0.25, 0.3) is 0 Å². The van der Waals surface area contributed by atoms with Gasteiger partial charge in [-0.3, -0.25) is 4.79 Å². The van der Waals surface area contributed by atoms with E-state index in [9.17, 15) is 17.6 Å². The van der Waals surface area contributed by atoms with E-state index in [-0.39, 0.29) is 17.3 Å². The molecule has 0 atom stereocenters. The predicted octanol–water partition coefficient (Wildman–Crippen LogP) is 1.09. The van der Waals surface area contributed by atoms with Crippen molar-refractivity contribution in [3.8, 4) is 0 Å². The minimum atomic E-state index is -3.66. The third-order valence-electron chi connectivity index (χ3n) is 3.75. The number of morpholine rings is 1. The Morgan fingerprint density at radius 2 is 1.87 bits per heavy atom. The highest BCUT2D eigenvalue weighted by atomic mass is 32.2. The van der Waals surface area contributed by atoms with Crippen LogP contribution in [0.1, 0.15) is 12.8 Å². The molecule has 0 unspecified atom stereocenters. The lowest BCUT2D eigenvalue weighted by Gasteiger charge is -2.27. The molecule has 0 aromatic heterocycles. The number of sulfonamides is 1. The van der Waals surface area contributed by atoms with E-state index >= 15 is 0 Å². The van der Waals surface area contributed by atoms with E-state index in [4.69, 9.17) is 4.74 Å². The summed E-state index contributed by atoms with van der Waals surface area (Å²) in [4.78, 5) is 13.8. The fourth-order valence-corrected chi connectivity index (χ4v) is 3.54. The number of benzene rings is 1. The van der Waals surface area contributed by atoms with Gasteiger partial charge in [0.25, 0.3) is 0 Å². The molecule has 1 heterocycles. The Labute approximate surface area is 135 Å². The number of carbonyl (C=O) groups is 1. The summed E-state index contributed by atoms with van der Waals surface area (Å²) in [5.41, 5.74) is 0. The first-order valence-electron chi connectivity index (χ1n) is 7.48. The molecule has 0 saturated carbocycles. The van der Waals surface area contributed by atoms with E-state index < -0.39 is 15.8 Å². The average molecular weight is 344 g/mol. The van der Waals surface area contributed by atoms with Gasteiger partial charge in [-0.1, -0.05) is 0 Å². The van der Waals surface area contributed by atoms with Gasteiger partial charge in [-0.15, -0.1) is 0 Å². The van der Waals surface area contributed by atoms with E-state index in [1.54, 1.807) is 4.90 Å². The van der Waals surface area contributed by atoms with Crippen molar-refractivity contribution >= 4 is 15.9 Å². The van der Waals surface area contributed by atoms with Gasteiger partial charge in [0.05, 0.1) is 18.1 Å². The van der Waals surface area contributed by atoms with Crippen LogP contribution in [-0.2, 0) is 19.6 Å². The zero-order valence-electron chi connectivity index (χ0n) is 13.1. The second-order valence-electron chi connectivity index (χ2n) is 5.38. The minimum Gasteiger partial charge on any atom is -0.378 e. The second kappa shape index (κ2) is 7.85. The van der Waals surface area contributed by atoms with Crippen LogP contribution in [0.2, 0.25) is 0 Å². The standard InChI is InChI=1S/C15H21FN2O4S/c1-17(23(20,21)14-6-4-13(16)5-7-14)8-2-3-15(19)18-9-11-22-12-10-18/h4-7H,2-3,8-12H2,1H3. The molecule has 1 amide bonds. The zero-order valence-corrected chi connectivity index (χ0v) is 13.9. The number of amides is 1. The van der Waals surface area contributed by atoms with Crippen LogP contribution in [0.15, 0.2) is 29.2 Å². The van der Waals surface area contributed by atoms with Gasteiger partial charge in [-0.2, -0.15) is 0 Å². The molecule has 1 aliphatic heterocycles. The molecule has 1 aromatic carbocycles. The lowest BCUT2D eigenvalue weighted by atomic mass is 10.2. The summed E-state index contributed by atoms with van der Waals surface area (Å²) in [6.45, 7) is 2.50. The Bertz CT molecular complexity index is 627. The Morgan fingerprint density at radius 1 is 1.26 bits per heavy atom. The van der Waals surface area contributed by atoms with Crippen molar-refractivity contribution in [3.05, 3.63) is 30.1 Å². The molecule has 0 bridgehead atoms. The molecule has 8 heteroatoms. The minimum absolute atomic E-state index is 0.0147. The smallest absolute Gasteiger partial charge is 0.242 e. The van der Waals surface area contributed by atoms with Crippen molar-refractivity contribution in [2.75, 3.05) is 39.9 Å². The van der Waals surface area contributed by atoms with E-state index in [1.165, 1.54) is 23.5 Å². The molecule has 1 saturated heterocycles. The third kappa shape index (κ3) is 4.73. The fourth-order valence-electron chi connectivity index (χ4n) is 2.33. The van der Waals surface area contributed by atoms with Crippen LogP contribution in [0, 0.1) is 5.82 Å². The Morgan fingerprint density at radius 3 is 2.48 bits per heavy atom. The first-order valence-corrected chi connectivity index (χ1v) is 8.92. The van der Waals surface area contributed by atoms with E-state index in [0.717, 1.165) is 12.1 Å². The van der Waals surface area contributed by atoms with Gasteiger partial charge in [0, 0.05) is 33.1 Å². The molecule has 6 nitrogen and oxygen atoms in total. The molecule has 1 aromatic rings. The summed E-state index contributed by atoms with van der Waals surface area (Å²) in [5.74, 6) is -0.469. The average Bonchev–Trinajstić information content (AvgIpc) is 2.55. The van der Waals surface area contributed by atoms with Gasteiger partial charge < -0.3 is 9.64 Å². The maximum atomic E-state index is 12.9. The summed E-state index contributed by atoms with van der Waals surface area (Å²) in [6, 6.07) is 4.70. The number of halogens is 1. The van der Waals surface area contributed by atoms with Gasteiger partial charge in [0.2, 0.25) is 15.9 Å². The van der Waals surface area contributed by atoms with Crippen LogP contribution in [-0.4, -0.2) is 63.4 Å².